The molecule has 3 rings (SSSR count). The maximum absolute atomic E-state index is 5.71. The molecule has 2 fully saturated rings. The molecule has 82 valence electrons. The molecule has 0 amide bonds. The van der Waals surface area contributed by atoms with Crippen molar-refractivity contribution in [1.82, 2.24) is 5.32 Å². The Hall–Kier alpha value is -0.120. The van der Waals surface area contributed by atoms with Crippen molar-refractivity contribution in [2.45, 2.75) is 5.75 Å². The Morgan fingerprint density at radius 1 is 1.40 bits per heavy atom. The van der Waals surface area contributed by atoms with Crippen molar-refractivity contribution >= 4 is 23.4 Å². The summed E-state index contributed by atoms with van der Waals surface area (Å²) in [4.78, 5) is 0. The number of rotatable bonds is 4. The Labute approximate surface area is 98.7 Å². The van der Waals surface area contributed by atoms with Crippen LogP contribution in [-0.2, 0) is 5.75 Å². The van der Waals surface area contributed by atoms with Crippen molar-refractivity contribution in [2.75, 3.05) is 18.8 Å². The predicted octanol–water partition coefficient (Wildman–Crippen LogP) is 2.63. The van der Waals surface area contributed by atoms with Gasteiger partial charge in [-0.1, -0.05) is 0 Å². The molecule has 0 spiro atoms. The van der Waals surface area contributed by atoms with Gasteiger partial charge in [0, 0.05) is 0 Å². The summed E-state index contributed by atoms with van der Waals surface area (Å²) in [6, 6.07) is 3.78. The molecule has 1 saturated heterocycles. The lowest BCUT2D eigenvalue weighted by atomic mass is 10.3. The van der Waals surface area contributed by atoms with E-state index in [9.17, 15) is 0 Å². The summed E-state index contributed by atoms with van der Waals surface area (Å²) in [6.45, 7) is 2.48. The molecule has 0 aromatic carbocycles. The molecule has 1 aromatic rings. The molecule has 4 heteroatoms. The lowest BCUT2D eigenvalue weighted by Gasteiger charge is -2.02. The zero-order chi connectivity index (χ0) is 10.3. The molecule has 2 atom stereocenters. The van der Waals surface area contributed by atoms with Crippen molar-refractivity contribution < 1.29 is 4.42 Å². The molecule has 1 aliphatic carbocycles. The minimum Gasteiger partial charge on any atom is -0.449 e. The van der Waals surface area contributed by atoms with Gasteiger partial charge < -0.3 is 9.73 Å². The molecule has 0 bridgehead atoms. The van der Waals surface area contributed by atoms with E-state index in [1.807, 2.05) is 23.9 Å². The summed E-state index contributed by atoms with van der Waals surface area (Å²) < 4.78 is 5.31. The number of halogens is 1. The van der Waals surface area contributed by atoms with Crippen LogP contribution >= 0.6 is 23.4 Å². The van der Waals surface area contributed by atoms with E-state index in [0.717, 1.165) is 29.3 Å². The number of nitrogens with one attached hydrogen (secondary N) is 1. The van der Waals surface area contributed by atoms with Crippen molar-refractivity contribution in [1.29, 1.82) is 0 Å². The Morgan fingerprint density at radius 2 is 2.20 bits per heavy atom. The maximum atomic E-state index is 5.71. The predicted molar refractivity (Wildman–Crippen MR) is 63.2 cm³/mol. The second-order valence-corrected chi connectivity index (χ2v) is 5.77. The van der Waals surface area contributed by atoms with Gasteiger partial charge in [-0.15, -0.1) is 0 Å². The summed E-state index contributed by atoms with van der Waals surface area (Å²) in [5, 5.41) is 3.92. The smallest absolute Gasteiger partial charge is 0.193 e. The fourth-order valence-corrected chi connectivity index (χ4v) is 3.92. The fourth-order valence-electron chi connectivity index (χ4n) is 2.52. The van der Waals surface area contributed by atoms with Crippen molar-refractivity contribution in [3.8, 4) is 0 Å². The van der Waals surface area contributed by atoms with Gasteiger partial charge in [0.15, 0.2) is 5.22 Å². The van der Waals surface area contributed by atoms with E-state index >= 15 is 0 Å². The van der Waals surface area contributed by atoms with Crippen LogP contribution in [0.5, 0.6) is 0 Å². The third kappa shape index (κ3) is 2.05. The number of hydrogen-bond donors (Lipinski definition) is 1. The van der Waals surface area contributed by atoms with Gasteiger partial charge in [0.2, 0.25) is 0 Å². The van der Waals surface area contributed by atoms with E-state index in [0.29, 0.717) is 5.22 Å². The molecule has 15 heavy (non-hydrogen) atoms. The van der Waals surface area contributed by atoms with Crippen LogP contribution in [0, 0.1) is 17.8 Å². The van der Waals surface area contributed by atoms with Gasteiger partial charge in [-0.05, 0) is 60.3 Å². The minimum absolute atomic E-state index is 0.498. The highest BCUT2D eigenvalue weighted by molar-refractivity contribution is 7.98. The zero-order valence-electron chi connectivity index (χ0n) is 8.41. The molecule has 0 radical (unpaired) electrons. The number of hydrogen-bond acceptors (Lipinski definition) is 3. The molecule has 1 aliphatic heterocycles. The second kappa shape index (κ2) is 4.04. The lowest BCUT2D eigenvalue weighted by molar-refractivity contribution is 0.532. The Kier molecular flexibility index (Phi) is 2.71. The first-order valence-electron chi connectivity index (χ1n) is 5.37. The first-order chi connectivity index (χ1) is 7.34. The largest absolute Gasteiger partial charge is 0.449 e. The van der Waals surface area contributed by atoms with Gasteiger partial charge in [-0.3, -0.25) is 0 Å². The molecule has 1 aromatic heterocycles. The third-order valence-electron chi connectivity index (χ3n) is 3.45. The van der Waals surface area contributed by atoms with Crippen molar-refractivity contribution in [2.24, 2.45) is 17.8 Å². The van der Waals surface area contributed by atoms with Crippen LogP contribution in [0.15, 0.2) is 16.5 Å². The minimum atomic E-state index is 0.498. The highest BCUT2D eigenvalue weighted by atomic mass is 35.5. The van der Waals surface area contributed by atoms with E-state index < -0.39 is 0 Å². The van der Waals surface area contributed by atoms with Crippen LogP contribution < -0.4 is 5.32 Å². The van der Waals surface area contributed by atoms with E-state index in [-0.39, 0.29) is 0 Å². The molecule has 2 nitrogen and oxygen atoms in total. The molecular formula is C11H14ClNOS. The van der Waals surface area contributed by atoms with Crippen LogP contribution in [-0.4, -0.2) is 18.8 Å². The highest BCUT2D eigenvalue weighted by Crippen LogP contribution is 2.50. The quantitative estimate of drug-likeness (QED) is 0.880. The van der Waals surface area contributed by atoms with Gasteiger partial charge in [0.25, 0.3) is 0 Å². The summed E-state index contributed by atoms with van der Waals surface area (Å²) in [5.74, 6) is 6.12. The standard InChI is InChI=1S/C11H14ClNOS/c12-11-2-1-7(14-11)5-15-6-10-8-3-13-4-9(8)10/h1-2,8-10,13H,3-6H2. The van der Waals surface area contributed by atoms with Crippen LogP contribution in [0.25, 0.3) is 0 Å². The van der Waals surface area contributed by atoms with Crippen molar-refractivity contribution in [3.63, 3.8) is 0 Å². The molecule has 2 aliphatic rings. The topological polar surface area (TPSA) is 25.2 Å². The number of thioether (sulfide) groups is 1. The molecule has 2 heterocycles. The number of furan rings is 1. The first kappa shape index (κ1) is 10.1. The summed E-state index contributed by atoms with van der Waals surface area (Å²) >= 11 is 7.67. The summed E-state index contributed by atoms with van der Waals surface area (Å²) in [7, 11) is 0. The Morgan fingerprint density at radius 3 is 2.87 bits per heavy atom. The fraction of sp³-hybridized carbons (Fsp3) is 0.636. The monoisotopic (exact) mass is 243 g/mol. The van der Waals surface area contributed by atoms with Crippen LogP contribution in [0.3, 0.4) is 0 Å². The van der Waals surface area contributed by atoms with Gasteiger partial charge in [-0.25, -0.2) is 0 Å². The maximum Gasteiger partial charge on any atom is 0.193 e. The first-order valence-corrected chi connectivity index (χ1v) is 6.90. The average molecular weight is 244 g/mol. The van der Waals surface area contributed by atoms with Crippen LogP contribution in [0.1, 0.15) is 5.76 Å². The molecule has 1 saturated carbocycles. The van der Waals surface area contributed by atoms with Gasteiger partial charge >= 0.3 is 0 Å². The highest BCUT2D eigenvalue weighted by Gasteiger charge is 2.51. The molecule has 1 N–H and O–H groups in total. The molecular weight excluding hydrogens is 230 g/mol. The lowest BCUT2D eigenvalue weighted by Crippen LogP contribution is -2.15. The van der Waals surface area contributed by atoms with E-state index in [4.69, 9.17) is 16.0 Å². The third-order valence-corrected chi connectivity index (χ3v) is 4.76. The van der Waals surface area contributed by atoms with Crippen molar-refractivity contribution in [3.05, 3.63) is 23.1 Å². The van der Waals surface area contributed by atoms with E-state index in [2.05, 4.69) is 5.32 Å². The number of fused-ring (bicyclic) bond motifs is 1. The van der Waals surface area contributed by atoms with Gasteiger partial charge in [-0.2, -0.15) is 11.8 Å². The van der Waals surface area contributed by atoms with Crippen LogP contribution in [0.2, 0.25) is 5.22 Å². The second-order valence-electron chi connectivity index (χ2n) is 4.37. The van der Waals surface area contributed by atoms with Gasteiger partial charge in [0.1, 0.15) is 5.76 Å². The average Bonchev–Trinajstić information content (AvgIpc) is 2.66. The summed E-state index contributed by atoms with van der Waals surface area (Å²) in [6.07, 6.45) is 0. The van der Waals surface area contributed by atoms with Crippen LogP contribution in [0.4, 0.5) is 0 Å². The Balaban J connectivity index is 1.41. The van der Waals surface area contributed by atoms with E-state index in [1.54, 1.807) is 0 Å². The molecule has 2 unspecified atom stereocenters. The Bertz CT molecular complexity index is 344. The van der Waals surface area contributed by atoms with Gasteiger partial charge in [0.05, 0.1) is 5.75 Å². The SMILES string of the molecule is Clc1ccc(CSCC2C3CNCC32)o1. The normalized spacial score (nSPS) is 33.0. The zero-order valence-corrected chi connectivity index (χ0v) is 9.98. The summed E-state index contributed by atoms with van der Waals surface area (Å²) in [5.41, 5.74) is 0. The van der Waals surface area contributed by atoms with E-state index in [1.165, 1.54) is 18.8 Å². The number of piperidine rings is 1.